The highest BCUT2D eigenvalue weighted by molar-refractivity contribution is 4.96. The van der Waals surface area contributed by atoms with Crippen molar-refractivity contribution in [2.45, 2.75) is 44.4 Å². The zero-order valence-electron chi connectivity index (χ0n) is 10.7. The highest BCUT2D eigenvalue weighted by Gasteiger charge is 2.41. The zero-order valence-corrected chi connectivity index (χ0v) is 10.7. The Morgan fingerprint density at radius 2 is 2.06 bits per heavy atom. The van der Waals surface area contributed by atoms with Gasteiger partial charge in [0.1, 0.15) is 0 Å². The van der Waals surface area contributed by atoms with Gasteiger partial charge in [0.05, 0.1) is 12.2 Å². The second-order valence-electron chi connectivity index (χ2n) is 4.19. The van der Waals surface area contributed by atoms with Gasteiger partial charge in [-0.3, -0.25) is 0 Å². The Bertz CT molecular complexity index is 178. The second kappa shape index (κ2) is 8.01. The average molecular weight is 231 g/mol. The second-order valence-corrected chi connectivity index (χ2v) is 4.19. The van der Waals surface area contributed by atoms with Crippen LogP contribution >= 0.6 is 0 Å². The predicted molar refractivity (Wildman–Crippen MR) is 63.7 cm³/mol. The first-order valence-electron chi connectivity index (χ1n) is 6.20. The summed E-state index contributed by atoms with van der Waals surface area (Å²) in [6, 6.07) is 0.462. The summed E-state index contributed by atoms with van der Waals surface area (Å²) >= 11 is 0. The number of rotatable bonds is 9. The molecule has 0 radical (unpaired) electrons. The van der Waals surface area contributed by atoms with Crippen molar-refractivity contribution in [3.8, 4) is 0 Å². The van der Waals surface area contributed by atoms with Crippen molar-refractivity contribution in [3.05, 3.63) is 0 Å². The Hall–Kier alpha value is -0.160. The van der Waals surface area contributed by atoms with E-state index in [4.69, 9.17) is 14.2 Å². The van der Waals surface area contributed by atoms with E-state index in [0.29, 0.717) is 6.04 Å². The first-order chi connectivity index (χ1) is 7.83. The lowest BCUT2D eigenvalue weighted by Gasteiger charge is -2.43. The van der Waals surface area contributed by atoms with E-state index >= 15 is 0 Å². The molecule has 96 valence electrons. The molecule has 16 heavy (non-hydrogen) atoms. The van der Waals surface area contributed by atoms with Gasteiger partial charge in [0.2, 0.25) is 0 Å². The molecule has 0 heterocycles. The summed E-state index contributed by atoms with van der Waals surface area (Å²) in [6.07, 6.45) is 3.84. The number of hydrogen-bond donors (Lipinski definition) is 1. The van der Waals surface area contributed by atoms with Crippen LogP contribution in [0.2, 0.25) is 0 Å². The van der Waals surface area contributed by atoms with E-state index in [1.54, 1.807) is 14.2 Å². The van der Waals surface area contributed by atoms with E-state index in [0.717, 1.165) is 39.0 Å². The fourth-order valence-electron chi connectivity index (χ4n) is 2.13. The molecule has 1 rings (SSSR count). The number of unbranched alkanes of at least 4 members (excludes halogenated alkanes) is 1. The van der Waals surface area contributed by atoms with E-state index < -0.39 is 0 Å². The molecule has 1 aliphatic rings. The minimum atomic E-state index is 0.224. The Morgan fingerprint density at radius 1 is 1.25 bits per heavy atom. The molecule has 1 saturated carbocycles. The van der Waals surface area contributed by atoms with Gasteiger partial charge in [0, 0.05) is 33.5 Å². The quantitative estimate of drug-likeness (QED) is 0.605. The van der Waals surface area contributed by atoms with Gasteiger partial charge in [-0.25, -0.2) is 0 Å². The molecule has 0 aromatic rings. The zero-order chi connectivity index (χ0) is 11.8. The molecule has 0 bridgehead atoms. The van der Waals surface area contributed by atoms with E-state index in [-0.39, 0.29) is 12.2 Å². The first kappa shape index (κ1) is 13.9. The predicted octanol–water partition coefficient (Wildman–Crippen LogP) is 1.19. The van der Waals surface area contributed by atoms with Crippen LogP contribution in [0, 0.1) is 0 Å². The molecule has 1 N–H and O–H groups in total. The van der Waals surface area contributed by atoms with Gasteiger partial charge < -0.3 is 19.5 Å². The molecule has 0 aromatic heterocycles. The minimum absolute atomic E-state index is 0.224. The van der Waals surface area contributed by atoms with Crippen LogP contribution in [0.15, 0.2) is 0 Å². The Labute approximate surface area is 98.6 Å². The lowest BCUT2D eigenvalue weighted by atomic mass is 9.85. The molecule has 0 spiro atoms. The third-order valence-corrected chi connectivity index (χ3v) is 3.08. The summed E-state index contributed by atoms with van der Waals surface area (Å²) in [5.74, 6) is 0. The summed E-state index contributed by atoms with van der Waals surface area (Å²) in [6.45, 7) is 4.68. The van der Waals surface area contributed by atoms with Crippen molar-refractivity contribution in [1.29, 1.82) is 0 Å². The normalized spacial score (nSPS) is 29.1. The van der Waals surface area contributed by atoms with Crippen molar-refractivity contribution >= 4 is 0 Å². The van der Waals surface area contributed by atoms with Gasteiger partial charge in [-0.1, -0.05) is 0 Å². The summed E-state index contributed by atoms with van der Waals surface area (Å²) < 4.78 is 16.0. The monoisotopic (exact) mass is 231 g/mol. The molecule has 1 aliphatic carbocycles. The van der Waals surface area contributed by atoms with E-state index in [9.17, 15) is 0 Å². The summed E-state index contributed by atoms with van der Waals surface area (Å²) in [5, 5.41) is 3.51. The molecule has 4 heteroatoms. The van der Waals surface area contributed by atoms with Crippen molar-refractivity contribution in [3.63, 3.8) is 0 Å². The number of methoxy groups -OCH3 is 2. The van der Waals surface area contributed by atoms with Gasteiger partial charge >= 0.3 is 0 Å². The van der Waals surface area contributed by atoms with Crippen molar-refractivity contribution in [2.75, 3.05) is 34.0 Å². The standard InChI is InChI=1S/C12H25NO3/c1-4-16-11-9-10(12(11)15-3)13-7-5-6-8-14-2/h10-13H,4-9H2,1-3H3. The van der Waals surface area contributed by atoms with Crippen LogP contribution in [0.4, 0.5) is 0 Å². The Balaban J connectivity index is 2.05. The highest BCUT2D eigenvalue weighted by atomic mass is 16.5. The van der Waals surface area contributed by atoms with Crippen molar-refractivity contribution < 1.29 is 14.2 Å². The smallest absolute Gasteiger partial charge is 0.0986 e. The summed E-state index contributed by atoms with van der Waals surface area (Å²) in [7, 11) is 3.50. The van der Waals surface area contributed by atoms with Gasteiger partial charge in [-0.2, -0.15) is 0 Å². The highest BCUT2D eigenvalue weighted by Crippen LogP contribution is 2.26. The minimum Gasteiger partial charge on any atom is -0.385 e. The van der Waals surface area contributed by atoms with E-state index in [1.807, 2.05) is 6.92 Å². The lowest BCUT2D eigenvalue weighted by molar-refractivity contribution is -0.131. The van der Waals surface area contributed by atoms with E-state index in [1.165, 1.54) is 0 Å². The number of hydrogen-bond acceptors (Lipinski definition) is 4. The third-order valence-electron chi connectivity index (χ3n) is 3.08. The third kappa shape index (κ3) is 4.01. The molecule has 0 aliphatic heterocycles. The van der Waals surface area contributed by atoms with Crippen LogP contribution in [0.25, 0.3) is 0 Å². The molecule has 0 saturated heterocycles. The Morgan fingerprint density at radius 3 is 2.69 bits per heavy atom. The van der Waals surface area contributed by atoms with Crippen LogP contribution in [-0.2, 0) is 14.2 Å². The number of nitrogens with one attached hydrogen (secondary N) is 1. The molecule has 1 fully saturated rings. The van der Waals surface area contributed by atoms with Gasteiger partial charge in [0.25, 0.3) is 0 Å². The van der Waals surface area contributed by atoms with Crippen LogP contribution in [0.3, 0.4) is 0 Å². The average Bonchev–Trinajstić information content (AvgIpc) is 2.26. The van der Waals surface area contributed by atoms with Crippen molar-refractivity contribution in [1.82, 2.24) is 5.32 Å². The molecule has 4 nitrogen and oxygen atoms in total. The van der Waals surface area contributed by atoms with Gasteiger partial charge in [-0.15, -0.1) is 0 Å². The first-order valence-corrected chi connectivity index (χ1v) is 6.20. The maximum Gasteiger partial charge on any atom is 0.0986 e. The van der Waals surface area contributed by atoms with Crippen LogP contribution < -0.4 is 5.32 Å². The molecular formula is C12H25NO3. The number of ether oxygens (including phenoxy) is 3. The molecular weight excluding hydrogens is 206 g/mol. The fraction of sp³-hybridized carbons (Fsp3) is 1.00. The Kier molecular flexibility index (Phi) is 6.96. The SMILES string of the molecule is CCOC1CC(NCCCCOC)C1OC. The lowest BCUT2D eigenvalue weighted by Crippen LogP contribution is -2.59. The van der Waals surface area contributed by atoms with Gasteiger partial charge in [-0.05, 0) is 32.7 Å². The topological polar surface area (TPSA) is 39.7 Å². The fourth-order valence-corrected chi connectivity index (χ4v) is 2.13. The van der Waals surface area contributed by atoms with Crippen LogP contribution in [0.1, 0.15) is 26.2 Å². The van der Waals surface area contributed by atoms with Crippen LogP contribution in [0.5, 0.6) is 0 Å². The summed E-state index contributed by atoms with van der Waals surface area (Å²) in [5.41, 5.74) is 0. The molecule has 0 aromatic carbocycles. The van der Waals surface area contributed by atoms with Gasteiger partial charge in [0.15, 0.2) is 0 Å². The molecule has 0 amide bonds. The van der Waals surface area contributed by atoms with Crippen molar-refractivity contribution in [2.24, 2.45) is 0 Å². The molecule has 3 unspecified atom stereocenters. The molecule has 3 atom stereocenters. The largest absolute Gasteiger partial charge is 0.385 e. The maximum atomic E-state index is 5.57. The maximum absolute atomic E-state index is 5.57. The summed E-state index contributed by atoms with van der Waals surface area (Å²) in [4.78, 5) is 0. The van der Waals surface area contributed by atoms with E-state index in [2.05, 4.69) is 5.32 Å². The van der Waals surface area contributed by atoms with Crippen LogP contribution in [-0.4, -0.2) is 52.2 Å².